The third kappa shape index (κ3) is 3.20. The normalized spacial score (nSPS) is 10.2. The number of nitrogens with one attached hydrogen (secondary N) is 1. The van der Waals surface area contributed by atoms with E-state index in [1.165, 1.54) is 11.3 Å². The van der Waals surface area contributed by atoms with Crippen molar-refractivity contribution in [2.45, 2.75) is 26.8 Å². The Kier molecular flexibility index (Phi) is 3.97. The SMILES string of the molecule is Cc1cc(NC(=O)c2ccc(C)s2)n(CCC#N)n1. The highest BCUT2D eigenvalue weighted by Crippen LogP contribution is 2.18. The minimum absolute atomic E-state index is 0.142. The molecule has 0 saturated heterocycles. The number of amides is 1. The predicted molar refractivity (Wildman–Crippen MR) is 74.2 cm³/mol. The standard InChI is InChI=1S/C13H14N4OS/c1-9-8-12(17(16-9)7-3-6-14)15-13(18)11-5-4-10(2)19-11/h4-5,8H,3,7H2,1-2H3,(H,15,18). The maximum atomic E-state index is 12.1. The Morgan fingerprint density at radius 1 is 1.53 bits per heavy atom. The van der Waals surface area contributed by atoms with E-state index in [1.54, 1.807) is 16.8 Å². The van der Waals surface area contributed by atoms with Gasteiger partial charge in [-0.3, -0.25) is 4.79 Å². The van der Waals surface area contributed by atoms with E-state index in [-0.39, 0.29) is 5.91 Å². The topological polar surface area (TPSA) is 70.7 Å². The number of hydrogen-bond donors (Lipinski definition) is 1. The molecule has 0 saturated carbocycles. The highest BCUT2D eigenvalue weighted by Gasteiger charge is 2.12. The van der Waals surface area contributed by atoms with Crippen LogP contribution in [0.15, 0.2) is 18.2 Å². The zero-order valence-electron chi connectivity index (χ0n) is 10.8. The van der Waals surface area contributed by atoms with Gasteiger partial charge < -0.3 is 5.32 Å². The minimum atomic E-state index is -0.142. The predicted octanol–water partition coefficient (Wildman–Crippen LogP) is 2.73. The molecule has 0 atom stereocenters. The Labute approximate surface area is 115 Å². The fraction of sp³-hybridized carbons (Fsp3) is 0.308. The lowest BCUT2D eigenvalue weighted by atomic mass is 10.4. The van der Waals surface area contributed by atoms with Crippen LogP contribution in [0, 0.1) is 25.2 Å². The lowest BCUT2D eigenvalue weighted by Crippen LogP contribution is -2.14. The number of nitriles is 1. The van der Waals surface area contributed by atoms with Crippen LogP contribution in [0.4, 0.5) is 5.82 Å². The number of carbonyl (C=O) groups is 1. The van der Waals surface area contributed by atoms with Crippen LogP contribution >= 0.6 is 11.3 Å². The van der Waals surface area contributed by atoms with Crippen LogP contribution in [0.2, 0.25) is 0 Å². The summed E-state index contributed by atoms with van der Waals surface area (Å²) >= 11 is 1.45. The van der Waals surface area contributed by atoms with E-state index in [2.05, 4.69) is 16.5 Å². The molecule has 98 valence electrons. The maximum Gasteiger partial charge on any atom is 0.266 e. The molecule has 5 nitrogen and oxygen atoms in total. The van der Waals surface area contributed by atoms with Crippen LogP contribution in [0.3, 0.4) is 0 Å². The number of hydrogen-bond acceptors (Lipinski definition) is 4. The first kappa shape index (κ1) is 13.3. The molecule has 2 aromatic heterocycles. The van der Waals surface area contributed by atoms with Gasteiger partial charge in [-0.15, -0.1) is 11.3 Å². The zero-order valence-corrected chi connectivity index (χ0v) is 11.6. The summed E-state index contributed by atoms with van der Waals surface area (Å²) in [5, 5.41) is 15.7. The second kappa shape index (κ2) is 5.67. The van der Waals surface area contributed by atoms with Crippen LogP contribution in [0.25, 0.3) is 0 Å². The van der Waals surface area contributed by atoms with Crippen molar-refractivity contribution in [2.75, 3.05) is 5.32 Å². The van der Waals surface area contributed by atoms with Crippen LogP contribution in [-0.2, 0) is 6.54 Å². The van der Waals surface area contributed by atoms with E-state index in [0.717, 1.165) is 10.6 Å². The van der Waals surface area contributed by atoms with Crippen molar-refractivity contribution in [1.29, 1.82) is 5.26 Å². The fourth-order valence-electron chi connectivity index (χ4n) is 1.71. The number of aromatic nitrogens is 2. The highest BCUT2D eigenvalue weighted by atomic mass is 32.1. The molecule has 0 aliphatic heterocycles. The van der Waals surface area contributed by atoms with Crippen LogP contribution < -0.4 is 5.32 Å². The van der Waals surface area contributed by atoms with E-state index in [1.807, 2.05) is 19.9 Å². The van der Waals surface area contributed by atoms with Gasteiger partial charge in [-0.2, -0.15) is 10.4 Å². The van der Waals surface area contributed by atoms with Gasteiger partial charge in [0.05, 0.1) is 29.6 Å². The second-order valence-corrected chi connectivity index (χ2v) is 5.45. The van der Waals surface area contributed by atoms with Gasteiger partial charge in [-0.05, 0) is 26.0 Å². The molecule has 2 rings (SSSR count). The van der Waals surface area contributed by atoms with E-state index in [4.69, 9.17) is 5.26 Å². The monoisotopic (exact) mass is 274 g/mol. The van der Waals surface area contributed by atoms with Crippen molar-refractivity contribution in [1.82, 2.24) is 9.78 Å². The largest absolute Gasteiger partial charge is 0.306 e. The summed E-state index contributed by atoms with van der Waals surface area (Å²) in [5.41, 5.74) is 0.815. The Morgan fingerprint density at radius 3 is 2.95 bits per heavy atom. The number of anilines is 1. The van der Waals surface area contributed by atoms with Crippen LogP contribution in [-0.4, -0.2) is 15.7 Å². The molecule has 19 heavy (non-hydrogen) atoms. The summed E-state index contributed by atoms with van der Waals surface area (Å²) in [7, 11) is 0. The Hall–Kier alpha value is -2.13. The first-order valence-corrected chi connectivity index (χ1v) is 6.71. The molecular weight excluding hydrogens is 260 g/mol. The van der Waals surface area contributed by atoms with Gasteiger partial charge in [0.25, 0.3) is 5.91 Å². The number of nitrogens with zero attached hydrogens (tertiary/aromatic N) is 3. The molecule has 0 radical (unpaired) electrons. The zero-order chi connectivity index (χ0) is 13.8. The average Bonchev–Trinajstić information content (AvgIpc) is 2.93. The minimum Gasteiger partial charge on any atom is -0.306 e. The first-order chi connectivity index (χ1) is 9.10. The third-order valence-electron chi connectivity index (χ3n) is 2.54. The molecule has 0 aromatic carbocycles. The lowest BCUT2D eigenvalue weighted by molar-refractivity contribution is 0.102. The second-order valence-electron chi connectivity index (χ2n) is 4.17. The van der Waals surface area contributed by atoms with Crippen LogP contribution in [0.5, 0.6) is 0 Å². The molecule has 2 aromatic rings. The van der Waals surface area contributed by atoms with Crippen molar-refractivity contribution in [2.24, 2.45) is 0 Å². The molecule has 0 fully saturated rings. The number of aryl methyl sites for hydroxylation is 3. The van der Waals surface area contributed by atoms with Crippen LogP contribution in [0.1, 0.15) is 26.7 Å². The molecule has 0 spiro atoms. The molecule has 1 amide bonds. The number of rotatable bonds is 4. The van der Waals surface area contributed by atoms with Crippen molar-refractivity contribution in [3.8, 4) is 6.07 Å². The Bertz CT molecular complexity index is 635. The van der Waals surface area contributed by atoms with Gasteiger partial charge in [0.2, 0.25) is 0 Å². The molecule has 1 N–H and O–H groups in total. The quantitative estimate of drug-likeness (QED) is 0.931. The lowest BCUT2D eigenvalue weighted by Gasteiger charge is -2.06. The molecule has 0 bridgehead atoms. The van der Waals surface area contributed by atoms with E-state index >= 15 is 0 Å². The van der Waals surface area contributed by atoms with Crippen molar-refractivity contribution >= 4 is 23.1 Å². The van der Waals surface area contributed by atoms with Crippen molar-refractivity contribution in [3.05, 3.63) is 33.6 Å². The molecule has 0 aliphatic carbocycles. The average molecular weight is 274 g/mol. The molecular formula is C13H14N4OS. The molecule has 0 aliphatic rings. The molecule has 2 heterocycles. The maximum absolute atomic E-state index is 12.1. The number of thiophene rings is 1. The van der Waals surface area contributed by atoms with Gasteiger partial charge in [-0.25, -0.2) is 4.68 Å². The van der Waals surface area contributed by atoms with Gasteiger partial charge >= 0.3 is 0 Å². The Balaban J connectivity index is 2.14. The third-order valence-corrected chi connectivity index (χ3v) is 3.54. The summed E-state index contributed by atoms with van der Waals surface area (Å²) in [6.45, 7) is 4.29. The first-order valence-electron chi connectivity index (χ1n) is 5.89. The van der Waals surface area contributed by atoms with Gasteiger partial charge in [0.1, 0.15) is 5.82 Å². The summed E-state index contributed by atoms with van der Waals surface area (Å²) < 4.78 is 1.65. The van der Waals surface area contributed by atoms with Crippen molar-refractivity contribution < 1.29 is 4.79 Å². The highest BCUT2D eigenvalue weighted by molar-refractivity contribution is 7.14. The van der Waals surface area contributed by atoms with Gasteiger partial charge in [-0.1, -0.05) is 0 Å². The smallest absolute Gasteiger partial charge is 0.266 e. The summed E-state index contributed by atoms with van der Waals surface area (Å²) in [4.78, 5) is 13.8. The molecule has 0 unspecified atom stereocenters. The van der Waals surface area contributed by atoms with E-state index in [0.29, 0.717) is 23.7 Å². The van der Waals surface area contributed by atoms with Gasteiger partial charge in [0, 0.05) is 10.9 Å². The summed E-state index contributed by atoms with van der Waals surface area (Å²) in [6, 6.07) is 7.59. The number of carbonyl (C=O) groups excluding carboxylic acids is 1. The van der Waals surface area contributed by atoms with Crippen molar-refractivity contribution in [3.63, 3.8) is 0 Å². The van der Waals surface area contributed by atoms with E-state index in [9.17, 15) is 4.79 Å². The fourth-order valence-corrected chi connectivity index (χ4v) is 2.47. The molecule has 6 heteroatoms. The summed E-state index contributed by atoms with van der Waals surface area (Å²) in [6.07, 6.45) is 0.363. The van der Waals surface area contributed by atoms with E-state index < -0.39 is 0 Å². The summed E-state index contributed by atoms with van der Waals surface area (Å²) in [5.74, 6) is 0.486. The Morgan fingerprint density at radius 2 is 2.32 bits per heavy atom. The van der Waals surface area contributed by atoms with Gasteiger partial charge in [0.15, 0.2) is 0 Å².